The van der Waals surface area contributed by atoms with E-state index in [9.17, 15) is 0 Å². The molecule has 1 heterocycles. The molecule has 0 aliphatic heterocycles. The van der Waals surface area contributed by atoms with Crippen LogP contribution in [0.2, 0.25) is 0 Å². The quantitative estimate of drug-likeness (QED) is 0.804. The van der Waals surface area contributed by atoms with Crippen molar-refractivity contribution in [1.29, 1.82) is 0 Å². The molecule has 0 radical (unpaired) electrons. The van der Waals surface area contributed by atoms with Crippen molar-refractivity contribution < 1.29 is 0 Å². The van der Waals surface area contributed by atoms with Gasteiger partial charge in [0.05, 0.1) is 5.69 Å². The fourth-order valence-electron chi connectivity index (χ4n) is 1.90. The van der Waals surface area contributed by atoms with Crippen molar-refractivity contribution in [3.8, 4) is 0 Å². The Labute approximate surface area is 106 Å². The highest BCUT2D eigenvalue weighted by Crippen LogP contribution is 2.33. The van der Waals surface area contributed by atoms with Crippen LogP contribution in [0.4, 0.5) is 0 Å². The van der Waals surface area contributed by atoms with E-state index < -0.39 is 0 Å². The molecular formula is C15H26N2. The molecule has 96 valence electrons. The first-order chi connectivity index (χ1) is 7.53. The van der Waals surface area contributed by atoms with E-state index in [1.54, 1.807) is 0 Å². The van der Waals surface area contributed by atoms with Crippen molar-refractivity contribution in [3.05, 3.63) is 29.1 Å². The van der Waals surface area contributed by atoms with Crippen molar-refractivity contribution in [3.63, 3.8) is 0 Å². The van der Waals surface area contributed by atoms with Crippen LogP contribution in [0.5, 0.6) is 0 Å². The Morgan fingerprint density at radius 2 is 1.53 bits per heavy atom. The second-order valence-electron chi connectivity index (χ2n) is 6.92. The fraction of sp³-hybridized carbons (Fsp3) is 0.667. The summed E-state index contributed by atoms with van der Waals surface area (Å²) in [6.45, 7) is 15.3. The fourth-order valence-corrected chi connectivity index (χ4v) is 1.90. The smallest absolute Gasteiger partial charge is 0.0571 e. The lowest BCUT2D eigenvalue weighted by atomic mass is 9.78. The summed E-state index contributed by atoms with van der Waals surface area (Å²) in [6, 6.07) is 4.23. The summed E-state index contributed by atoms with van der Waals surface area (Å²) in [5.41, 5.74) is 9.54. The second kappa shape index (κ2) is 4.41. The molecule has 1 rings (SSSR count). The second-order valence-corrected chi connectivity index (χ2v) is 6.92. The van der Waals surface area contributed by atoms with Crippen LogP contribution in [-0.2, 0) is 10.8 Å². The summed E-state index contributed by atoms with van der Waals surface area (Å²) >= 11 is 0. The van der Waals surface area contributed by atoms with E-state index in [0.29, 0.717) is 0 Å². The highest BCUT2D eigenvalue weighted by molar-refractivity contribution is 5.34. The van der Waals surface area contributed by atoms with Crippen LogP contribution < -0.4 is 5.73 Å². The minimum atomic E-state index is -0.00915. The van der Waals surface area contributed by atoms with Crippen LogP contribution in [0.25, 0.3) is 0 Å². The molecule has 0 aromatic carbocycles. The number of pyridine rings is 1. The third-order valence-electron chi connectivity index (χ3n) is 2.90. The van der Waals surface area contributed by atoms with Crippen LogP contribution in [0.15, 0.2) is 12.1 Å². The first kappa shape index (κ1) is 14.2. The Hall–Kier alpha value is -0.890. The van der Waals surface area contributed by atoms with Crippen molar-refractivity contribution in [2.24, 2.45) is 5.73 Å². The number of hydrogen-bond donors (Lipinski definition) is 1. The molecule has 1 aromatic heterocycles. The van der Waals surface area contributed by atoms with E-state index in [1.807, 2.05) is 6.92 Å². The zero-order valence-corrected chi connectivity index (χ0v) is 12.3. The van der Waals surface area contributed by atoms with Crippen molar-refractivity contribution in [1.82, 2.24) is 4.98 Å². The molecule has 1 aromatic rings. The molecule has 0 aliphatic carbocycles. The lowest BCUT2D eigenvalue weighted by Crippen LogP contribution is -2.25. The van der Waals surface area contributed by atoms with Gasteiger partial charge in [0.1, 0.15) is 0 Å². The third-order valence-corrected chi connectivity index (χ3v) is 2.90. The minimum Gasteiger partial charge on any atom is -0.323 e. The summed E-state index contributed by atoms with van der Waals surface area (Å²) in [5.74, 6) is 0. The van der Waals surface area contributed by atoms with Crippen LogP contribution in [-0.4, -0.2) is 4.98 Å². The molecule has 0 spiro atoms. The summed E-state index contributed by atoms with van der Waals surface area (Å²) < 4.78 is 0. The Balaban J connectivity index is 3.43. The molecule has 2 N–H and O–H groups in total. The normalized spacial score (nSPS) is 14.8. The largest absolute Gasteiger partial charge is 0.323 e. The number of aromatic nitrogens is 1. The number of nitrogens with two attached hydrogens (primary N) is 1. The summed E-state index contributed by atoms with van der Waals surface area (Å²) in [4.78, 5) is 4.78. The highest BCUT2D eigenvalue weighted by Gasteiger charge is 2.26. The Morgan fingerprint density at radius 1 is 1.00 bits per heavy atom. The van der Waals surface area contributed by atoms with Crippen molar-refractivity contribution in [2.75, 3.05) is 0 Å². The Bertz CT molecular complexity index is 392. The van der Waals surface area contributed by atoms with Gasteiger partial charge in [-0.05, 0) is 24.0 Å². The summed E-state index contributed by atoms with van der Waals surface area (Å²) in [7, 11) is 0. The number of nitrogens with zero attached hydrogens (tertiary/aromatic N) is 1. The number of rotatable bonds is 1. The topological polar surface area (TPSA) is 38.9 Å². The number of hydrogen-bond acceptors (Lipinski definition) is 2. The van der Waals surface area contributed by atoms with E-state index >= 15 is 0 Å². The van der Waals surface area contributed by atoms with Gasteiger partial charge in [-0.2, -0.15) is 0 Å². The van der Waals surface area contributed by atoms with Crippen molar-refractivity contribution in [2.45, 2.75) is 65.3 Å². The molecule has 0 bridgehead atoms. The lowest BCUT2D eigenvalue weighted by Gasteiger charge is -2.29. The van der Waals surface area contributed by atoms with E-state index in [0.717, 1.165) is 5.69 Å². The molecule has 0 saturated heterocycles. The van der Waals surface area contributed by atoms with Crippen LogP contribution in [0, 0.1) is 0 Å². The van der Waals surface area contributed by atoms with E-state index in [1.165, 1.54) is 11.3 Å². The zero-order chi connectivity index (χ0) is 13.4. The average molecular weight is 234 g/mol. The van der Waals surface area contributed by atoms with Crippen LogP contribution >= 0.6 is 0 Å². The maximum absolute atomic E-state index is 5.92. The van der Waals surface area contributed by atoms with Gasteiger partial charge in [0, 0.05) is 17.2 Å². The predicted octanol–water partition coefficient (Wildman–Crippen LogP) is 3.70. The van der Waals surface area contributed by atoms with Crippen molar-refractivity contribution >= 4 is 0 Å². The van der Waals surface area contributed by atoms with Gasteiger partial charge >= 0.3 is 0 Å². The standard InChI is InChI=1S/C15H26N2/c1-10(16)12-9-8-11(14(2,3)4)13(17-12)15(5,6)7/h8-10H,16H2,1-7H3. The molecule has 17 heavy (non-hydrogen) atoms. The minimum absolute atomic E-state index is 0.00915. The Kier molecular flexibility index (Phi) is 3.68. The summed E-state index contributed by atoms with van der Waals surface area (Å²) in [6.07, 6.45) is 0. The third kappa shape index (κ3) is 3.29. The van der Waals surface area contributed by atoms with E-state index in [2.05, 4.69) is 53.7 Å². The zero-order valence-electron chi connectivity index (χ0n) is 12.3. The molecule has 0 saturated carbocycles. The average Bonchev–Trinajstić information content (AvgIpc) is 2.14. The monoisotopic (exact) mass is 234 g/mol. The maximum Gasteiger partial charge on any atom is 0.0571 e. The highest BCUT2D eigenvalue weighted by atomic mass is 14.8. The lowest BCUT2D eigenvalue weighted by molar-refractivity contribution is 0.509. The van der Waals surface area contributed by atoms with Gasteiger partial charge in [0.2, 0.25) is 0 Å². The molecule has 0 fully saturated rings. The molecule has 1 atom stereocenters. The molecular weight excluding hydrogens is 208 g/mol. The first-order valence-electron chi connectivity index (χ1n) is 6.31. The first-order valence-corrected chi connectivity index (χ1v) is 6.31. The molecule has 2 nitrogen and oxygen atoms in total. The molecule has 2 heteroatoms. The maximum atomic E-state index is 5.92. The van der Waals surface area contributed by atoms with Gasteiger partial charge in [0.15, 0.2) is 0 Å². The summed E-state index contributed by atoms with van der Waals surface area (Å²) in [5, 5.41) is 0. The van der Waals surface area contributed by atoms with E-state index in [-0.39, 0.29) is 16.9 Å². The molecule has 0 aliphatic rings. The van der Waals surface area contributed by atoms with Crippen LogP contribution in [0.3, 0.4) is 0 Å². The van der Waals surface area contributed by atoms with Gasteiger partial charge in [-0.15, -0.1) is 0 Å². The predicted molar refractivity (Wildman–Crippen MR) is 74.2 cm³/mol. The van der Waals surface area contributed by atoms with Gasteiger partial charge in [0.25, 0.3) is 0 Å². The van der Waals surface area contributed by atoms with Gasteiger partial charge in [-0.1, -0.05) is 47.6 Å². The van der Waals surface area contributed by atoms with E-state index in [4.69, 9.17) is 10.7 Å². The Morgan fingerprint density at radius 3 is 1.88 bits per heavy atom. The van der Waals surface area contributed by atoms with Gasteiger partial charge in [-0.25, -0.2) is 0 Å². The van der Waals surface area contributed by atoms with Gasteiger partial charge < -0.3 is 5.73 Å². The SMILES string of the molecule is CC(N)c1ccc(C(C)(C)C)c(C(C)(C)C)n1. The van der Waals surface area contributed by atoms with Crippen LogP contribution in [0.1, 0.15) is 71.5 Å². The van der Waals surface area contributed by atoms with Gasteiger partial charge in [-0.3, -0.25) is 4.98 Å². The molecule has 0 amide bonds. The molecule has 1 unspecified atom stereocenters.